The molecule has 0 saturated carbocycles. The summed E-state index contributed by atoms with van der Waals surface area (Å²) >= 11 is 7.65. The van der Waals surface area contributed by atoms with Crippen LogP contribution < -0.4 is 5.73 Å². The third kappa shape index (κ3) is 8.20. The van der Waals surface area contributed by atoms with Crippen molar-refractivity contribution >= 4 is 22.9 Å². The maximum absolute atomic E-state index is 5.99. The van der Waals surface area contributed by atoms with Gasteiger partial charge in [-0.15, -0.1) is 11.3 Å². The maximum atomic E-state index is 5.99. The first-order valence-corrected chi connectivity index (χ1v) is 9.51. The van der Waals surface area contributed by atoms with E-state index in [1.54, 1.807) is 11.3 Å². The Hall–Kier alpha value is -0.0900. The molecule has 0 aliphatic carbocycles. The summed E-state index contributed by atoms with van der Waals surface area (Å²) in [6.45, 7) is 3.96. The van der Waals surface area contributed by atoms with Crippen molar-refractivity contribution in [2.24, 2.45) is 5.73 Å². The molecule has 122 valence electrons. The molecule has 0 aliphatic rings. The average molecular weight is 331 g/mol. The number of hydrogen-bond acceptors (Lipinski definition) is 3. The van der Waals surface area contributed by atoms with Gasteiger partial charge in [0.1, 0.15) is 0 Å². The number of hydrogen-bond donors (Lipinski definition) is 1. The molecule has 21 heavy (non-hydrogen) atoms. The van der Waals surface area contributed by atoms with E-state index in [2.05, 4.69) is 24.9 Å². The summed E-state index contributed by atoms with van der Waals surface area (Å²) in [4.78, 5) is 3.69. The number of nitrogens with two attached hydrogens (primary N) is 1. The molecule has 0 fully saturated rings. The first-order chi connectivity index (χ1) is 10.2. The summed E-state index contributed by atoms with van der Waals surface area (Å²) in [6, 6.07) is 4.58. The van der Waals surface area contributed by atoms with Gasteiger partial charge in [-0.05, 0) is 25.6 Å². The minimum absolute atomic E-state index is 0.488. The van der Waals surface area contributed by atoms with Gasteiger partial charge in [0.2, 0.25) is 0 Å². The van der Waals surface area contributed by atoms with E-state index in [1.165, 1.54) is 56.2 Å². The van der Waals surface area contributed by atoms with Crippen LogP contribution in [0.3, 0.4) is 0 Å². The summed E-state index contributed by atoms with van der Waals surface area (Å²) in [5.74, 6) is 0. The van der Waals surface area contributed by atoms with Crippen molar-refractivity contribution in [2.45, 2.75) is 70.9 Å². The first kappa shape index (κ1) is 19.0. The lowest BCUT2D eigenvalue weighted by atomic mass is 10.0. The van der Waals surface area contributed by atoms with Crippen molar-refractivity contribution in [1.29, 1.82) is 0 Å². The second kappa shape index (κ2) is 11.5. The van der Waals surface area contributed by atoms with Crippen LogP contribution in [0.25, 0.3) is 0 Å². The second-order valence-corrected chi connectivity index (χ2v) is 7.72. The zero-order valence-electron chi connectivity index (χ0n) is 13.6. The van der Waals surface area contributed by atoms with E-state index >= 15 is 0 Å². The quantitative estimate of drug-likeness (QED) is 0.527. The summed E-state index contributed by atoms with van der Waals surface area (Å²) in [6.07, 6.45) is 10.7. The Bertz CT molecular complexity index is 367. The van der Waals surface area contributed by atoms with E-state index in [0.717, 1.165) is 17.4 Å². The summed E-state index contributed by atoms with van der Waals surface area (Å²) < 4.78 is 0.870. The van der Waals surface area contributed by atoms with Crippen molar-refractivity contribution in [2.75, 3.05) is 13.6 Å². The van der Waals surface area contributed by atoms with Crippen molar-refractivity contribution < 1.29 is 0 Å². The lowest BCUT2D eigenvalue weighted by molar-refractivity contribution is 0.224. The van der Waals surface area contributed by atoms with Crippen LogP contribution in [0.1, 0.15) is 63.2 Å². The standard InChI is InChI=1S/C17H31ClN2S/c1-3-4-5-6-7-8-9-10-15(13-19)20(2)14-16-11-12-17(18)21-16/h11-12,15H,3-10,13-14,19H2,1-2H3. The highest BCUT2D eigenvalue weighted by atomic mass is 35.5. The Morgan fingerprint density at radius 1 is 1.14 bits per heavy atom. The molecule has 1 rings (SSSR count). The number of rotatable bonds is 12. The highest BCUT2D eigenvalue weighted by Crippen LogP contribution is 2.23. The fourth-order valence-electron chi connectivity index (χ4n) is 2.67. The van der Waals surface area contributed by atoms with Crippen molar-refractivity contribution in [3.05, 3.63) is 21.3 Å². The van der Waals surface area contributed by atoms with Gasteiger partial charge >= 0.3 is 0 Å². The Morgan fingerprint density at radius 3 is 2.38 bits per heavy atom. The first-order valence-electron chi connectivity index (χ1n) is 8.31. The molecule has 0 radical (unpaired) electrons. The van der Waals surface area contributed by atoms with Crippen LogP contribution in [0.15, 0.2) is 12.1 Å². The fraction of sp³-hybridized carbons (Fsp3) is 0.765. The van der Waals surface area contributed by atoms with Gasteiger partial charge in [-0.2, -0.15) is 0 Å². The molecule has 1 aromatic rings. The summed E-state index contributed by atoms with van der Waals surface area (Å²) in [7, 11) is 2.17. The minimum Gasteiger partial charge on any atom is -0.329 e. The normalized spacial score (nSPS) is 13.0. The summed E-state index contributed by atoms with van der Waals surface area (Å²) in [5, 5.41) is 0. The molecule has 0 amide bonds. The van der Waals surface area contributed by atoms with E-state index in [-0.39, 0.29) is 0 Å². The molecule has 4 heteroatoms. The van der Waals surface area contributed by atoms with E-state index in [1.807, 2.05) is 6.07 Å². The molecule has 2 N–H and O–H groups in total. The molecule has 1 atom stereocenters. The monoisotopic (exact) mass is 330 g/mol. The molecule has 2 nitrogen and oxygen atoms in total. The molecule has 1 unspecified atom stereocenters. The van der Waals surface area contributed by atoms with E-state index in [4.69, 9.17) is 17.3 Å². The zero-order valence-corrected chi connectivity index (χ0v) is 15.2. The molecule has 1 heterocycles. The van der Waals surface area contributed by atoms with Crippen LogP contribution in [0.5, 0.6) is 0 Å². The van der Waals surface area contributed by atoms with Gasteiger partial charge in [0.15, 0.2) is 0 Å². The predicted molar refractivity (Wildman–Crippen MR) is 96.2 cm³/mol. The average Bonchev–Trinajstić information content (AvgIpc) is 2.87. The third-order valence-corrected chi connectivity index (χ3v) is 5.29. The van der Waals surface area contributed by atoms with E-state index < -0.39 is 0 Å². The number of nitrogens with zero attached hydrogens (tertiary/aromatic N) is 1. The predicted octanol–water partition coefficient (Wildman–Crippen LogP) is 5.30. The topological polar surface area (TPSA) is 29.3 Å². The van der Waals surface area contributed by atoms with Crippen LogP contribution in [0.2, 0.25) is 4.34 Å². The fourth-order valence-corrected chi connectivity index (χ4v) is 3.82. The van der Waals surface area contributed by atoms with Gasteiger partial charge < -0.3 is 5.73 Å². The Balaban J connectivity index is 2.18. The third-order valence-electron chi connectivity index (χ3n) is 4.07. The smallest absolute Gasteiger partial charge is 0.0931 e. The molecule has 0 aromatic carbocycles. The van der Waals surface area contributed by atoms with E-state index in [9.17, 15) is 0 Å². The van der Waals surface area contributed by atoms with Crippen LogP contribution in [0.4, 0.5) is 0 Å². The molecule has 0 aliphatic heterocycles. The van der Waals surface area contributed by atoms with Gasteiger partial charge in [-0.3, -0.25) is 4.90 Å². The zero-order chi connectivity index (χ0) is 15.5. The number of unbranched alkanes of at least 4 members (excludes halogenated alkanes) is 6. The maximum Gasteiger partial charge on any atom is 0.0931 e. The summed E-state index contributed by atoms with van der Waals surface area (Å²) in [5.41, 5.74) is 5.95. The van der Waals surface area contributed by atoms with Crippen molar-refractivity contribution in [3.8, 4) is 0 Å². The highest BCUT2D eigenvalue weighted by molar-refractivity contribution is 7.16. The number of thiophene rings is 1. The van der Waals surface area contributed by atoms with Crippen LogP contribution in [-0.4, -0.2) is 24.5 Å². The van der Waals surface area contributed by atoms with Gasteiger partial charge in [-0.1, -0.05) is 63.5 Å². The number of likely N-dealkylation sites (N-methyl/N-ethyl adjacent to an activating group) is 1. The molecule has 0 saturated heterocycles. The SMILES string of the molecule is CCCCCCCCCC(CN)N(C)Cc1ccc(Cl)s1. The van der Waals surface area contributed by atoms with Gasteiger partial charge in [-0.25, -0.2) is 0 Å². The molecule has 1 aromatic heterocycles. The van der Waals surface area contributed by atoms with Crippen molar-refractivity contribution in [1.82, 2.24) is 4.90 Å². The highest BCUT2D eigenvalue weighted by Gasteiger charge is 2.13. The van der Waals surface area contributed by atoms with Gasteiger partial charge in [0.25, 0.3) is 0 Å². The lowest BCUT2D eigenvalue weighted by Gasteiger charge is -2.26. The van der Waals surface area contributed by atoms with Gasteiger partial charge in [0, 0.05) is 24.0 Å². The molecular formula is C17H31ClN2S. The minimum atomic E-state index is 0.488. The Labute approximate surface area is 139 Å². The van der Waals surface area contributed by atoms with E-state index in [0.29, 0.717) is 6.04 Å². The number of halogens is 1. The Kier molecular flexibility index (Phi) is 10.4. The molecule has 0 bridgehead atoms. The van der Waals surface area contributed by atoms with Crippen molar-refractivity contribution in [3.63, 3.8) is 0 Å². The van der Waals surface area contributed by atoms with Gasteiger partial charge in [0.05, 0.1) is 4.34 Å². The second-order valence-electron chi connectivity index (χ2n) is 5.92. The molecular weight excluding hydrogens is 300 g/mol. The van der Waals surface area contributed by atoms with Crippen LogP contribution in [-0.2, 0) is 6.54 Å². The molecule has 0 spiro atoms. The van der Waals surface area contributed by atoms with Crippen LogP contribution in [0, 0.1) is 0 Å². The largest absolute Gasteiger partial charge is 0.329 e. The Morgan fingerprint density at radius 2 is 1.81 bits per heavy atom. The lowest BCUT2D eigenvalue weighted by Crippen LogP contribution is -2.37. The van der Waals surface area contributed by atoms with Crippen LogP contribution >= 0.6 is 22.9 Å².